The van der Waals surface area contributed by atoms with Gasteiger partial charge in [-0.25, -0.2) is 0 Å². The van der Waals surface area contributed by atoms with Crippen molar-refractivity contribution in [2.45, 2.75) is 12.1 Å². The molecule has 0 unspecified atom stereocenters. The van der Waals surface area contributed by atoms with Gasteiger partial charge in [-0.1, -0.05) is 6.07 Å². The van der Waals surface area contributed by atoms with Gasteiger partial charge in [0.25, 0.3) is 0 Å². The molecule has 7 heteroatoms. The Bertz CT molecular complexity index is 391. The molecule has 0 bridgehead atoms. The normalized spacial score (nSPS) is 13.3. The molecule has 0 spiro atoms. The van der Waals surface area contributed by atoms with Crippen LogP contribution < -0.4 is 0 Å². The van der Waals surface area contributed by atoms with Gasteiger partial charge in [-0.15, -0.1) is 11.3 Å². The third kappa shape index (κ3) is 2.66. The van der Waals surface area contributed by atoms with Gasteiger partial charge >= 0.3 is 12.1 Å². The third-order valence-corrected chi connectivity index (χ3v) is 2.45. The highest BCUT2D eigenvalue weighted by Gasteiger charge is 2.62. The van der Waals surface area contributed by atoms with Crippen molar-refractivity contribution < 1.29 is 26.7 Å². The van der Waals surface area contributed by atoms with Crippen LogP contribution in [0.3, 0.4) is 0 Å². The molecule has 16 heavy (non-hydrogen) atoms. The zero-order valence-corrected chi connectivity index (χ0v) is 8.41. The summed E-state index contributed by atoms with van der Waals surface area (Å²) in [5, 5.41) is 1.60. The second kappa shape index (κ2) is 4.32. The minimum Gasteiger partial charge on any atom is -0.288 e. The summed E-state index contributed by atoms with van der Waals surface area (Å²) in [5.74, 6) is -7.60. The lowest BCUT2D eigenvalue weighted by molar-refractivity contribution is -0.266. The Labute approximate surface area is 91.2 Å². The largest absolute Gasteiger partial charge is 0.461 e. The fourth-order valence-electron chi connectivity index (χ4n) is 0.788. The van der Waals surface area contributed by atoms with Crippen molar-refractivity contribution in [3.8, 4) is 0 Å². The lowest BCUT2D eigenvalue weighted by Crippen LogP contribution is -2.43. The first-order chi connectivity index (χ1) is 7.25. The van der Waals surface area contributed by atoms with Crippen LogP contribution in [0.4, 0.5) is 22.0 Å². The minimum absolute atomic E-state index is 0.235. The van der Waals surface area contributed by atoms with Gasteiger partial charge in [0, 0.05) is 4.88 Å². The molecule has 88 valence electrons. The van der Waals surface area contributed by atoms with Crippen LogP contribution in [0.25, 0.3) is 6.08 Å². The Kier molecular flexibility index (Phi) is 3.47. The highest BCUT2D eigenvalue weighted by molar-refractivity contribution is 7.10. The molecule has 0 saturated carbocycles. The van der Waals surface area contributed by atoms with Gasteiger partial charge in [-0.2, -0.15) is 22.0 Å². The van der Waals surface area contributed by atoms with Crippen LogP contribution in [-0.2, 0) is 4.79 Å². The molecule has 0 N–H and O–H groups in total. The molecule has 0 aliphatic heterocycles. The quantitative estimate of drug-likeness (QED) is 0.597. The lowest BCUT2D eigenvalue weighted by Gasteiger charge is -2.15. The van der Waals surface area contributed by atoms with Crippen LogP contribution in [0.2, 0.25) is 0 Å². The monoisotopic (exact) mass is 256 g/mol. The molecule has 1 rings (SSSR count). The Balaban J connectivity index is 2.80. The summed E-state index contributed by atoms with van der Waals surface area (Å²) >= 11 is 1.12. The smallest absolute Gasteiger partial charge is 0.288 e. The van der Waals surface area contributed by atoms with Gasteiger partial charge in [0.05, 0.1) is 0 Å². The summed E-state index contributed by atoms with van der Waals surface area (Å²) in [6.07, 6.45) is -4.70. The number of carbonyl (C=O) groups excluding carboxylic acids is 1. The fourth-order valence-corrected chi connectivity index (χ4v) is 1.41. The average molecular weight is 256 g/mol. The number of carbonyl (C=O) groups is 1. The van der Waals surface area contributed by atoms with Crippen LogP contribution in [0.1, 0.15) is 4.88 Å². The number of ketones is 1. The van der Waals surface area contributed by atoms with Crippen LogP contribution in [0.15, 0.2) is 23.6 Å². The maximum atomic E-state index is 12.4. The number of rotatable bonds is 3. The van der Waals surface area contributed by atoms with E-state index in [2.05, 4.69) is 0 Å². The Hall–Kier alpha value is -1.24. The number of halogens is 5. The Morgan fingerprint density at radius 1 is 1.25 bits per heavy atom. The van der Waals surface area contributed by atoms with Gasteiger partial charge in [0.2, 0.25) is 5.78 Å². The summed E-state index contributed by atoms with van der Waals surface area (Å²) in [5.41, 5.74) is 0. The van der Waals surface area contributed by atoms with Gasteiger partial charge in [-0.05, 0) is 23.6 Å². The van der Waals surface area contributed by atoms with E-state index in [1.807, 2.05) is 0 Å². The summed E-state index contributed by atoms with van der Waals surface area (Å²) in [4.78, 5) is 11.1. The lowest BCUT2D eigenvalue weighted by atomic mass is 10.2. The van der Waals surface area contributed by atoms with Gasteiger partial charge < -0.3 is 0 Å². The molecule has 1 heterocycles. The first-order valence-corrected chi connectivity index (χ1v) is 4.83. The second-order valence-electron chi connectivity index (χ2n) is 2.79. The highest BCUT2D eigenvalue weighted by atomic mass is 32.1. The van der Waals surface area contributed by atoms with Crippen molar-refractivity contribution >= 4 is 23.2 Å². The number of hydrogen-bond acceptors (Lipinski definition) is 2. The maximum Gasteiger partial charge on any atom is 0.461 e. The number of alkyl halides is 5. The van der Waals surface area contributed by atoms with Crippen molar-refractivity contribution in [3.63, 3.8) is 0 Å². The first kappa shape index (κ1) is 12.8. The number of allylic oxidation sites excluding steroid dienone is 1. The topological polar surface area (TPSA) is 17.1 Å². The maximum absolute atomic E-state index is 12.4. The van der Waals surface area contributed by atoms with Crippen molar-refractivity contribution in [1.29, 1.82) is 0 Å². The zero-order valence-electron chi connectivity index (χ0n) is 7.59. The van der Waals surface area contributed by atoms with E-state index in [0.29, 0.717) is 4.88 Å². The van der Waals surface area contributed by atoms with Gasteiger partial charge in [0.15, 0.2) is 0 Å². The molecule has 0 radical (unpaired) electrons. The van der Waals surface area contributed by atoms with Gasteiger partial charge in [0.1, 0.15) is 0 Å². The van der Waals surface area contributed by atoms with Crippen molar-refractivity contribution in [2.24, 2.45) is 0 Å². The van der Waals surface area contributed by atoms with E-state index >= 15 is 0 Å². The van der Waals surface area contributed by atoms with E-state index < -0.39 is 17.9 Å². The third-order valence-electron chi connectivity index (χ3n) is 1.61. The van der Waals surface area contributed by atoms with Gasteiger partial charge in [-0.3, -0.25) is 4.79 Å². The molecule has 0 aliphatic rings. The predicted molar refractivity (Wildman–Crippen MR) is 49.4 cm³/mol. The molecule has 1 nitrogen and oxygen atoms in total. The van der Waals surface area contributed by atoms with E-state index in [4.69, 9.17) is 0 Å². The SMILES string of the molecule is O=C(/C=C/c1cccs1)C(F)(F)C(F)(F)F. The van der Waals surface area contributed by atoms with Crippen LogP contribution in [0.5, 0.6) is 0 Å². The average Bonchev–Trinajstić information content (AvgIpc) is 2.64. The fraction of sp³-hybridized carbons (Fsp3) is 0.222. The van der Waals surface area contributed by atoms with E-state index in [1.165, 1.54) is 6.07 Å². The van der Waals surface area contributed by atoms with E-state index in [0.717, 1.165) is 17.4 Å². The van der Waals surface area contributed by atoms with E-state index in [9.17, 15) is 26.7 Å². The molecule has 1 aromatic rings. The molecule has 0 aromatic carbocycles. The van der Waals surface area contributed by atoms with E-state index in [-0.39, 0.29) is 6.08 Å². The van der Waals surface area contributed by atoms with Crippen molar-refractivity contribution in [1.82, 2.24) is 0 Å². The summed E-state index contributed by atoms with van der Waals surface area (Å²) < 4.78 is 60.1. The van der Waals surface area contributed by atoms with Crippen molar-refractivity contribution in [2.75, 3.05) is 0 Å². The summed E-state index contributed by atoms with van der Waals surface area (Å²) in [6, 6.07) is 3.07. The second-order valence-corrected chi connectivity index (χ2v) is 3.76. The van der Waals surface area contributed by atoms with E-state index in [1.54, 1.807) is 11.4 Å². The molecule has 0 amide bonds. The molecular formula is C9H5F5OS. The molecule has 0 saturated heterocycles. The zero-order chi connectivity index (χ0) is 12.4. The Morgan fingerprint density at radius 3 is 2.31 bits per heavy atom. The minimum atomic E-state index is -5.86. The number of hydrogen-bond donors (Lipinski definition) is 0. The molecule has 0 aliphatic carbocycles. The summed E-state index contributed by atoms with van der Waals surface area (Å²) in [7, 11) is 0. The summed E-state index contributed by atoms with van der Waals surface area (Å²) in [6.45, 7) is 0. The number of thiophene rings is 1. The van der Waals surface area contributed by atoms with Crippen LogP contribution in [-0.4, -0.2) is 17.9 Å². The molecule has 1 aromatic heterocycles. The molecule has 0 atom stereocenters. The first-order valence-electron chi connectivity index (χ1n) is 3.95. The van der Waals surface area contributed by atoms with Crippen molar-refractivity contribution in [3.05, 3.63) is 28.5 Å². The predicted octanol–water partition coefficient (Wildman–Crippen LogP) is 3.53. The molecule has 0 fully saturated rings. The highest BCUT2D eigenvalue weighted by Crippen LogP contribution is 2.36. The van der Waals surface area contributed by atoms with Crippen LogP contribution in [0, 0.1) is 0 Å². The molecular weight excluding hydrogens is 251 g/mol. The van der Waals surface area contributed by atoms with Crippen LogP contribution >= 0.6 is 11.3 Å². The standard InChI is InChI=1S/C9H5F5OS/c10-8(11,9(12,13)14)7(15)4-3-6-2-1-5-16-6/h1-5H/b4-3+. The Morgan fingerprint density at radius 2 is 1.88 bits per heavy atom.